The highest BCUT2D eigenvalue weighted by Crippen LogP contribution is 2.29. The van der Waals surface area contributed by atoms with Crippen LogP contribution in [0.3, 0.4) is 0 Å². The van der Waals surface area contributed by atoms with E-state index in [1.807, 2.05) is 0 Å². The summed E-state index contributed by atoms with van der Waals surface area (Å²) in [5, 5.41) is 2.67. The third-order valence-electron chi connectivity index (χ3n) is 5.92. The molecular weight excluding hydrogens is 336 g/mol. The molecular formula is C28H32. The molecule has 0 spiro atoms. The Morgan fingerprint density at radius 1 is 0.929 bits per heavy atom. The molecule has 0 radical (unpaired) electrons. The van der Waals surface area contributed by atoms with Gasteiger partial charge in [0.05, 0.1) is 0 Å². The Bertz CT molecular complexity index is 1020. The summed E-state index contributed by atoms with van der Waals surface area (Å²) in [5.74, 6) is 0.277. The first-order valence-corrected chi connectivity index (χ1v) is 10.4. The van der Waals surface area contributed by atoms with Gasteiger partial charge in [-0.05, 0) is 70.9 Å². The molecule has 0 bridgehead atoms. The number of aryl methyl sites for hydroxylation is 1. The summed E-state index contributed by atoms with van der Waals surface area (Å²) in [6.07, 6.45) is 9.58. The molecule has 0 aliphatic heterocycles. The van der Waals surface area contributed by atoms with Gasteiger partial charge in [-0.15, -0.1) is 0 Å². The largest absolute Gasteiger partial charge is 0.0995 e. The number of allylic oxidation sites excluding steroid dienone is 3. The molecule has 0 amide bonds. The third kappa shape index (κ3) is 4.81. The van der Waals surface area contributed by atoms with Crippen molar-refractivity contribution in [3.63, 3.8) is 0 Å². The Hall–Kier alpha value is -2.60. The van der Waals surface area contributed by atoms with Gasteiger partial charge < -0.3 is 0 Å². The van der Waals surface area contributed by atoms with Crippen molar-refractivity contribution in [1.29, 1.82) is 0 Å². The topological polar surface area (TPSA) is 0 Å². The monoisotopic (exact) mass is 368 g/mol. The quantitative estimate of drug-likeness (QED) is 0.476. The van der Waals surface area contributed by atoms with Crippen molar-refractivity contribution in [3.05, 3.63) is 100 Å². The molecule has 2 aromatic carbocycles. The standard InChI is InChI=1S/C28H32/c1-6-24-9-7-10-25(18-24)17-20(2)13-14-21(3)22(4)23(5)27-16-15-26-11-8-12-28(26)19-27/h7,9-12,15-16,18-19,22H,2-3,5-6,8,13-14,17H2,1,4H3. The smallest absolute Gasteiger partial charge is 0.00173 e. The van der Waals surface area contributed by atoms with E-state index in [4.69, 9.17) is 0 Å². The zero-order valence-electron chi connectivity index (χ0n) is 17.4. The number of rotatable bonds is 9. The van der Waals surface area contributed by atoms with E-state index in [1.165, 1.54) is 38.3 Å². The average Bonchev–Trinajstić information content (AvgIpc) is 3.18. The lowest BCUT2D eigenvalue weighted by Crippen LogP contribution is -2.21. The van der Waals surface area contributed by atoms with Crippen LogP contribution in [-0.2, 0) is 12.8 Å². The van der Waals surface area contributed by atoms with Gasteiger partial charge in [0.1, 0.15) is 0 Å². The van der Waals surface area contributed by atoms with Crippen molar-refractivity contribution in [1.82, 2.24) is 0 Å². The zero-order valence-corrected chi connectivity index (χ0v) is 17.4. The second-order valence-corrected chi connectivity index (χ2v) is 7.99. The van der Waals surface area contributed by atoms with Gasteiger partial charge in [0.25, 0.3) is 0 Å². The molecule has 0 saturated carbocycles. The molecule has 144 valence electrons. The van der Waals surface area contributed by atoms with Crippen LogP contribution in [-0.4, -0.2) is 0 Å². The van der Waals surface area contributed by atoms with Gasteiger partial charge in [-0.3, -0.25) is 0 Å². The van der Waals surface area contributed by atoms with Crippen LogP contribution in [0.5, 0.6) is 0 Å². The summed E-state index contributed by atoms with van der Waals surface area (Å²) in [6, 6.07) is 15.5. The molecule has 2 aromatic rings. The van der Waals surface area contributed by atoms with E-state index in [9.17, 15) is 0 Å². The summed E-state index contributed by atoms with van der Waals surface area (Å²) in [7, 11) is 0. The highest BCUT2D eigenvalue weighted by Gasteiger charge is 2.13. The lowest BCUT2D eigenvalue weighted by Gasteiger charge is -2.19. The van der Waals surface area contributed by atoms with Crippen LogP contribution < -0.4 is 10.4 Å². The van der Waals surface area contributed by atoms with Gasteiger partial charge in [-0.2, -0.15) is 0 Å². The van der Waals surface area contributed by atoms with E-state index in [1.54, 1.807) is 0 Å². The van der Waals surface area contributed by atoms with Crippen LogP contribution in [0.2, 0.25) is 0 Å². The average molecular weight is 369 g/mol. The molecule has 0 heteroatoms. The van der Waals surface area contributed by atoms with Gasteiger partial charge >= 0.3 is 0 Å². The first kappa shape index (κ1) is 20.1. The van der Waals surface area contributed by atoms with Crippen LogP contribution in [0, 0.1) is 5.92 Å². The van der Waals surface area contributed by atoms with Gasteiger partial charge in [-0.1, -0.05) is 93.3 Å². The molecule has 1 atom stereocenters. The predicted molar refractivity (Wildman–Crippen MR) is 124 cm³/mol. The van der Waals surface area contributed by atoms with Crippen molar-refractivity contribution in [2.24, 2.45) is 5.92 Å². The number of fused-ring (bicyclic) bond motifs is 1. The second-order valence-electron chi connectivity index (χ2n) is 7.99. The number of benzene rings is 2. The minimum absolute atomic E-state index is 0.277. The van der Waals surface area contributed by atoms with Crippen molar-refractivity contribution in [2.45, 2.75) is 46.0 Å². The van der Waals surface area contributed by atoms with E-state index in [0.29, 0.717) is 0 Å². The van der Waals surface area contributed by atoms with Crippen LogP contribution >= 0.6 is 0 Å². The molecule has 0 aromatic heterocycles. The van der Waals surface area contributed by atoms with Gasteiger partial charge in [-0.25, -0.2) is 0 Å². The Labute approximate surface area is 170 Å². The Morgan fingerprint density at radius 3 is 2.46 bits per heavy atom. The summed E-state index contributed by atoms with van der Waals surface area (Å²) in [6.45, 7) is 17.5. The fraction of sp³-hybridized carbons (Fsp3) is 0.286. The van der Waals surface area contributed by atoms with Gasteiger partial charge in [0.15, 0.2) is 0 Å². The Kier molecular flexibility index (Phi) is 6.52. The first-order chi connectivity index (χ1) is 13.5. The van der Waals surface area contributed by atoms with Crippen molar-refractivity contribution in [3.8, 4) is 0 Å². The Morgan fingerprint density at radius 2 is 1.68 bits per heavy atom. The first-order valence-electron chi connectivity index (χ1n) is 10.4. The Balaban J connectivity index is 1.56. The van der Waals surface area contributed by atoms with Gasteiger partial charge in [0, 0.05) is 5.92 Å². The molecule has 0 fully saturated rings. The molecule has 0 saturated heterocycles. The molecule has 0 nitrogen and oxygen atoms in total. The summed E-state index contributed by atoms with van der Waals surface area (Å²) in [5.41, 5.74) is 7.66. The van der Waals surface area contributed by atoms with Crippen LogP contribution in [0.1, 0.15) is 49.8 Å². The van der Waals surface area contributed by atoms with Crippen molar-refractivity contribution in [2.75, 3.05) is 0 Å². The molecule has 0 heterocycles. The van der Waals surface area contributed by atoms with E-state index in [-0.39, 0.29) is 5.92 Å². The van der Waals surface area contributed by atoms with E-state index >= 15 is 0 Å². The van der Waals surface area contributed by atoms with Crippen molar-refractivity contribution < 1.29 is 0 Å². The minimum atomic E-state index is 0.277. The second kappa shape index (κ2) is 9.06. The lowest BCUT2D eigenvalue weighted by atomic mass is 9.86. The van der Waals surface area contributed by atoms with E-state index in [0.717, 1.165) is 37.7 Å². The summed E-state index contributed by atoms with van der Waals surface area (Å²) < 4.78 is 0. The molecule has 0 N–H and O–H groups in total. The maximum atomic E-state index is 4.38. The third-order valence-corrected chi connectivity index (χ3v) is 5.92. The fourth-order valence-electron chi connectivity index (χ4n) is 3.84. The fourth-order valence-corrected chi connectivity index (χ4v) is 3.84. The van der Waals surface area contributed by atoms with Crippen LogP contribution in [0.15, 0.2) is 73.3 Å². The zero-order chi connectivity index (χ0) is 20.1. The molecule has 1 aliphatic carbocycles. The van der Waals surface area contributed by atoms with Crippen LogP contribution in [0.4, 0.5) is 0 Å². The SMILES string of the molecule is C=C(CCC(=C)C(C)C(=C)c1ccc2c(c1)=CCC=2)Cc1cccc(CC)c1. The minimum Gasteiger partial charge on any atom is -0.0995 e. The van der Waals surface area contributed by atoms with Gasteiger partial charge in [0.2, 0.25) is 0 Å². The summed E-state index contributed by atoms with van der Waals surface area (Å²) in [4.78, 5) is 0. The van der Waals surface area contributed by atoms with Crippen LogP contribution in [0.25, 0.3) is 17.7 Å². The molecule has 1 aliphatic rings. The predicted octanol–water partition coefficient (Wildman–Crippen LogP) is 6.00. The van der Waals surface area contributed by atoms with E-state index < -0.39 is 0 Å². The molecule has 3 rings (SSSR count). The maximum Gasteiger partial charge on any atom is 0.00173 e. The number of hydrogen-bond donors (Lipinski definition) is 0. The summed E-state index contributed by atoms with van der Waals surface area (Å²) >= 11 is 0. The maximum absolute atomic E-state index is 4.38. The highest BCUT2D eigenvalue weighted by atomic mass is 14.2. The van der Waals surface area contributed by atoms with E-state index in [2.05, 4.69) is 88.2 Å². The highest BCUT2D eigenvalue weighted by molar-refractivity contribution is 5.68. The normalized spacial score (nSPS) is 13.2. The number of hydrogen-bond acceptors (Lipinski definition) is 0. The lowest BCUT2D eigenvalue weighted by molar-refractivity contribution is 0.780. The molecule has 28 heavy (non-hydrogen) atoms. The van der Waals surface area contributed by atoms with Crippen molar-refractivity contribution >= 4 is 17.7 Å². The molecule has 1 unspecified atom stereocenters.